The van der Waals surface area contributed by atoms with Crippen molar-refractivity contribution in [3.8, 4) is 0 Å². The summed E-state index contributed by atoms with van der Waals surface area (Å²) in [6.45, 7) is 12.2. The Morgan fingerprint density at radius 1 is 0.880 bits per heavy atom. The molecule has 3 rings (SSSR count). The van der Waals surface area contributed by atoms with E-state index in [0.717, 1.165) is 0 Å². The molecule has 1 saturated heterocycles. The van der Waals surface area contributed by atoms with Crippen LogP contribution in [0.25, 0.3) is 0 Å². The molecule has 25 heavy (non-hydrogen) atoms. The maximum Gasteiger partial charge on any atom is -1.00 e. The van der Waals surface area contributed by atoms with Gasteiger partial charge >= 0.3 is 149 Å². The number of hydrogen-bond donors (Lipinski definition) is 0. The zero-order valence-electron chi connectivity index (χ0n) is 16.6. The van der Waals surface area contributed by atoms with Gasteiger partial charge in [0.2, 0.25) is 0 Å². The van der Waals surface area contributed by atoms with Crippen molar-refractivity contribution in [3.05, 3.63) is 41.5 Å². The van der Waals surface area contributed by atoms with Gasteiger partial charge in [0.15, 0.2) is 0 Å². The molecule has 0 nitrogen and oxygen atoms in total. The van der Waals surface area contributed by atoms with Gasteiger partial charge < -0.3 is 24.8 Å². The van der Waals surface area contributed by atoms with Crippen molar-refractivity contribution in [2.24, 2.45) is 5.41 Å². The van der Waals surface area contributed by atoms with E-state index in [4.69, 9.17) is 0 Å². The molecular weight excluding hydrogens is 426 g/mol. The molecule has 2 aliphatic carbocycles. The van der Waals surface area contributed by atoms with Crippen LogP contribution in [0.15, 0.2) is 41.5 Å². The third-order valence-electron chi connectivity index (χ3n) is 6.97. The van der Waals surface area contributed by atoms with Crippen LogP contribution < -0.4 is 24.8 Å². The second kappa shape index (κ2) is 9.08. The maximum atomic E-state index is 2.52. The molecule has 0 bridgehead atoms. The first-order valence-corrected chi connectivity index (χ1v) is 15.9. The molecule has 0 aromatic carbocycles. The monoisotopic (exact) mass is 458 g/mol. The van der Waals surface area contributed by atoms with E-state index in [1.807, 2.05) is 14.4 Å². The summed E-state index contributed by atoms with van der Waals surface area (Å²) >= 11 is -2.22. The van der Waals surface area contributed by atoms with Crippen molar-refractivity contribution in [2.45, 2.75) is 81.4 Å². The van der Waals surface area contributed by atoms with Crippen LogP contribution in [-0.2, 0) is 20.3 Å². The van der Waals surface area contributed by atoms with Crippen LogP contribution in [-0.4, -0.2) is 0 Å². The predicted molar refractivity (Wildman–Crippen MR) is 99.4 cm³/mol. The molecule has 3 heteroatoms. The van der Waals surface area contributed by atoms with Gasteiger partial charge in [0.1, 0.15) is 0 Å². The minimum atomic E-state index is -2.22. The standard InChI is InChI=1S/C15H25.C5H5.C2H4.2ClH.Zr/c1-6-12-11-15(9-4,10-5)14(8-3)13(12)7-2;1-2-4-5-3-1;1-2;;;/h6-10H2,1-5H3;1-3H,4H2;1-2H2;2*1H;/q;;;;;+2/p-2. The summed E-state index contributed by atoms with van der Waals surface area (Å²) in [7, 11) is 0. The Kier molecular flexibility index (Phi) is 8.52. The Labute approximate surface area is 172 Å². The maximum absolute atomic E-state index is 2.52. The molecular formula is C22H34Cl2Zr. The van der Waals surface area contributed by atoms with Gasteiger partial charge in [0, 0.05) is 0 Å². The second-order valence-electron chi connectivity index (χ2n) is 7.57. The minimum absolute atomic E-state index is 0. The summed E-state index contributed by atoms with van der Waals surface area (Å²) in [5.74, 6) is 0. The number of hydrogen-bond acceptors (Lipinski definition) is 0. The Morgan fingerprint density at radius 3 is 1.84 bits per heavy atom. The van der Waals surface area contributed by atoms with Crippen LogP contribution in [0.2, 0.25) is 8.26 Å². The third kappa shape index (κ3) is 3.36. The molecule has 1 heterocycles. The molecule has 0 aromatic rings. The van der Waals surface area contributed by atoms with E-state index in [9.17, 15) is 0 Å². The van der Waals surface area contributed by atoms with Gasteiger partial charge in [0.05, 0.1) is 0 Å². The summed E-state index contributed by atoms with van der Waals surface area (Å²) in [6, 6.07) is 0. The third-order valence-corrected chi connectivity index (χ3v) is 18.9. The molecule has 0 radical (unpaired) electrons. The summed E-state index contributed by atoms with van der Waals surface area (Å²) < 4.78 is 7.18. The van der Waals surface area contributed by atoms with Gasteiger partial charge in [0.25, 0.3) is 0 Å². The van der Waals surface area contributed by atoms with Crippen molar-refractivity contribution in [1.82, 2.24) is 0 Å². The fraction of sp³-hybridized carbons (Fsp3) is 0.636. The van der Waals surface area contributed by atoms with Crippen molar-refractivity contribution in [1.29, 1.82) is 0 Å². The Bertz CT molecular complexity index is 614. The van der Waals surface area contributed by atoms with Crippen molar-refractivity contribution in [3.63, 3.8) is 0 Å². The van der Waals surface area contributed by atoms with Crippen molar-refractivity contribution >= 4 is 0 Å². The van der Waals surface area contributed by atoms with Crippen LogP contribution >= 0.6 is 0 Å². The molecule has 1 aliphatic heterocycles. The predicted octanol–water partition coefficient (Wildman–Crippen LogP) is 1.44. The summed E-state index contributed by atoms with van der Waals surface area (Å²) in [4.78, 5) is 0. The van der Waals surface area contributed by atoms with Crippen molar-refractivity contribution < 1.29 is 45.1 Å². The van der Waals surface area contributed by atoms with E-state index >= 15 is 0 Å². The van der Waals surface area contributed by atoms with Crippen LogP contribution in [0, 0.1) is 5.41 Å². The van der Waals surface area contributed by atoms with Crippen LogP contribution in [0.3, 0.4) is 0 Å². The van der Waals surface area contributed by atoms with E-state index in [-0.39, 0.29) is 24.8 Å². The van der Waals surface area contributed by atoms with Gasteiger partial charge in [-0.05, 0) is 0 Å². The molecule has 0 spiro atoms. The molecule has 0 amide bonds. The Balaban J connectivity index is 0.00000156. The quantitative estimate of drug-likeness (QED) is 0.540. The SMILES string of the molecule is CCC1=C(CC)C(CC)(CC)[C]([Zr+2]2([C]3=CC=CC3)[CH2][CH2]2)=C1CC.[Cl-].[Cl-]. The summed E-state index contributed by atoms with van der Waals surface area (Å²) in [5.41, 5.74) is 5.91. The zero-order valence-corrected chi connectivity index (χ0v) is 20.6. The average molecular weight is 461 g/mol. The van der Waals surface area contributed by atoms with E-state index in [0.29, 0.717) is 5.41 Å². The largest absolute Gasteiger partial charge is 1.00 e. The smallest absolute Gasteiger partial charge is 1.00 e. The van der Waals surface area contributed by atoms with Gasteiger partial charge in [-0.2, -0.15) is 0 Å². The molecule has 0 aromatic heterocycles. The number of halogens is 2. The molecule has 0 atom stereocenters. The Hall–Kier alpha value is 0.423. The number of rotatable bonds is 7. The molecule has 140 valence electrons. The molecule has 0 saturated carbocycles. The zero-order chi connectivity index (χ0) is 16.7. The minimum Gasteiger partial charge on any atom is -1.00 e. The van der Waals surface area contributed by atoms with Crippen LogP contribution in [0.1, 0.15) is 73.1 Å². The normalized spacial score (nSPS) is 21.4. The van der Waals surface area contributed by atoms with E-state index < -0.39 is 20.3 Å². The fourth-order valence-corrected chi connectivity index (χ4v) is 21.7. The van der Waals surface area contributed by atoms with E-state index in [1.165, 1.54) is 38.5 Å². The average Bonchev–Trinajstić information content (AvgIpc) is 3.09. The van der Waals surface area contributed by atoms with E-state index in [2.05, 4.69) is 56.1 Å². The second-order valence-corrected chi connectivity index (χ2v) is 18.2. The van der Waals surface area contributed by atoms with Gasteiger partial charge in [-0.25, -0.2) is 0 Å². The number of allylic oxidation sites excluding steroid dienone is 8. The molecule has 3 aliphatic rings. The fourth-order valence-electron chi connectivity index (χ4n) is 5.87. The Morgan fingerprint density at radius 2 is 1.48 bits per heavy atom. The molecule has 0 N–H and O–H groups in total. The van der Waals surface area contributed by atoms with Gasteiger partial charge in [-0.15, -0.1) is 0 Å². The molecule has 0 unspecified atom stereocenters. The molecule has 1 fully saturated rings. The first-order chi connectivity index (χ1) is 11.1. The van der Waals surface area contributed by atoms with Gasteiger partial charge in [-0.1, -0.05) is 0 Å². The first-order valence-electron chi connectivity index (χ1n) is 9.98. The van der Waals surface area contributed by atoms with Crippen LogP contribution in [0.4, 0.5) is 0 Å². The van der Waals surface area contributed by atoms with Gasteiger partial charge in [-0.3, -0.25) is 0 Å². The summed E-state index contributed by atoms with van der Waals surface area (Å²) in [5, 5.41) is 0. The summed E-state index contributed by atoms with van der Waals surface area (Å²) in [6.07, 6.45) is 15.0. The van der Waals surface area contributed by atoms with Crippen LogP contribution in [0.5, 0.6) is 0 Å². The first kappa shape index (κ1) is 23.5. The van der Waals surface area contributed by atoms with E-state index in [1.54, 1.807) is 13.8 Å². The topological polar surface area (TPSA) is 0 Å². The van der Waals surface area contributed by atoms with Crippen molar-refractivity contribution in [2.75, 3.05) is 0 Å².